The third-order valence-corrected chi connectivity index (χ3v) is 4.68. The highest BCUT2D eigenvalue weighted by atomic mass is 16.2. The van der Waals surface area contributed by atoms with Crippen LogP contribution in [0.15, 0.2) is 36.7 Å². The van der Waals surface area contributed by atoms with Crippen LogP contribution in [0.2, 0.25) is 0 Å². The number of nitrogens with one attached hydrogen (secondary N) is 1. The molecule has 1 aliphatic heterocycles. The van der Waals surface area contributed by atoms with Crippen LogP contribution in [-0.2, 0) is 11.2 Å². The second-order valence-electron chi connectivity index (χ2n) is 6.68. The van der Waals surface area contributed by atoms with Crippen LogP contribution in [0.5, 0.6) is 0 Å². The fourth-order valence-electron chi connectivity index (χ4n) is 3.33. The summed E-state index contributed by atoms with van der Waals surface area (Å²) in [5.74, 6) is 1.30. The third kappa shape index (κ3) is 3.30. The first-order valence-corrected chi connectivity index (χ1v) is 8.71. The van der Waals surface area contributed by atoms with Gasteiger partial charge in [0.1, 0.15) is 11.9 Å². The predicted molar refractivity (Wildman–Crippen MR) is 96.4 cm³/mol. The number of hydrogen-bond acceptors (Lipinski definition) is 3. The molecule has 5 heteroatoms. The Balaban J connectivity index is 1.54. The summed E-state index contributed by atoms with van der Waals surface area (Å²) in [4.78, 5) is 19.2. The minimum atomic E-state index is -0.240. The van der Waals surface area contributed by atoms with Gasteiger partial charge in [0.05, 0.1) is 0 Å². The molecule has 1 aliphatic rings. The maximum atomic E-state index is 12.5. The number of amides is 1. The molecule has 0 spiro atoms. The molecule has 1 N–H and O–H groups in total. The van der Waals surface area contributed by atoms with E-state index >= 15 is 0 Å². The van der Waals surface area contributed by atoms with Crippen molar-refractivity contribution in [3.8, 4) is 0 Å². The van der Waals surface area contributed by atoms with Gasteiger partial charge in [-0.2, -0.15) is 0 Å². The number of nitrogens with zero attached hydrogens (tertiary/aromatic N) is 3. The molecule has 3 rings (SSSR count). The Hall–Kier alpha value is -2.30. The average Bonchev–Trinajstić information content (AvgIpc) is 3.21. The normalized spacial score (nSPS) is 14.8. The minimum absolute atomic E-state index is 0.0439. The van der Waals surface area contributed by atoms with Gasteiger partial charge in [-0.15, -0.1) is 0 Å². The zero-order valence-electron chi connectivity index (χ0n) is 14.7. The summed E-state index contributed by atoms with van der Waals surface area (Å²) in [5, 5.41) is 3.07. The first-order valence-electron chi connectivity index (χ1n) is 8.71. The van der Waals surface area contributed by atoms with Gasteiger partial charge in [-0.25, -0.2) is 4.98 Å². The lowest BCUT2D eigenvalue weighted by Crippen LogP contribution is -2.37. The van der Waals surface area contributed by atoms with Gasteiger partial charge in [0, 0.05) is 43.6 Å². The Morgan fingerprint density at radius 2 is 2.08 bits per heavy atom. The van der Waals surface area contributed by atoms with E-state index in [0.29, 0.717) is 12.5 Å². The van der Waals surface area contributed by atoms with Gasteiger partial charge in [-0.3, -0.25) is 4.79 Å². The topological polar surface area (TPSA) is 50.2 Å². The van der Waals surface area contributed by atoms with Crippen LogP contribution < -0.4 is 10.2 Å². The van der Waals surface area contributed by atoms with Crippen molar-refractivity contribution in [2.75, 3.05) is 24.5 Å². The second kappa shape index (κ2) is 7.07. The molecule has 24 heavy (non-hydrogen) atoms. The van der Waals surface area contributed by atoms with Crippen LogP contribution in [0.1, 0.15) is 44.1 Å². The Morgan fingerprint density at radius 3 is 2.88 bits per heavy atom. The van der Waals surface area contributed by atoms with Crippen LogP contribution in [0.3, 0.4) is 0 Å². The van der Waals surface area contributed by atoms with E-state index in [9.17, 15) is 4.79 Å². The number of benzene rings is 1. The van der Waals surface area contributed by atoms with Gasteiger partial charge in [0.2, 0.25) is 5.91 Å². The summed E-state index contributed by atoms with van der Waals surface area (Å²) in [6.45, 7) is 8.64. The van der Waals surface area contributed by atoms with E-state index < -0.39 is 0 Å². The zero-order chi connectivity index (χ0) is 17.1. The van der Waals surface area contributed by atoms with E-state index in [0.717, 1.165) is 25.3 Å². The monoisotopic (exact) mass is 326 g/mol. The summed E-state index contributed by atoms with van der Waals surface area (Å²) in [6.07, 6.45) is 4.74. The summed E-state index contributed by atoms with van der Waals surface area (Å²) < 4.78 is 1.96. The van der Waals surface area contributed by atoms with Crippen LogP contribution in [0, 0.1) is 0 Å². The van der Waals surface area contributed by atoms with Gasteiger partial charge < -0.3 is 14.8 Å². The number of fused-ring (bicyclic) bond motifs is 1. The minimum Gasteiger partial charge on any atom is -0.369 e. The molecule has 0 saturated heterocycles. The smallest absolute Gasteiger partial charge is 0.242 e. The molecule has 0 saturated carbocycles. The molecule has 1 atom stereocenters. The van der Waals surface area contributed by atoms with Crippen molar-refractivity contribution in [1.82, 2.24) is 14.9 Å². The molecule has 128 valence electrons. The molecule has 0 aliphatic carbocycles. The molecule has 1 aromatic carbocycles. The van der Waals surface area contributed by atoms with Crippen molar-refractivity contribution in [1.29, 1.82) is 0 Å². The highest BCUT2D eigenvalue weighted by Gasteiger charge is 2.20. The second-order valence-corrected chi connectivity index (χ2v) is 6.68. The highest BCUT2D eigenvalue weighted by molar-refractivity contribution is 5.80. The Kier molecular flexibility index (Phi) is 4.88. The van der Waals surface area contributed by atoms with E-state index in [1.54, 1.807) is 6.20 Å². The van der Waals surface area contributed by atoms with Crippen molar-refractivity contribution in [2.45, 2.75) is 39.2 Å². The lowest BCUT2D eigenvalue weighted by Gasteiger charge is -2.21. The molecule has 1 amide bonds. The summed E-state index contributed by atoms with van der Waals surface area (Å²) in [5.41, 5.74) is 2.70. The predicted octanol–water partition coefficient (Wildman–Crippen LogP) is 2.75. The molecule has 2 heterocycles. The lowest BCUT2D eigenvalue weighted by atomic mass is 10.2. The molecular formula is C19H26N4O. The van der Waals surface area contributed by atoms with Crippen LogP contribution >= 0.6 is 0 Å². The molecule has 0 bridgehead atoms. The number of hydrogen-bond donors (Lipinski definition) is 1. The lowest BCUT2D eigenvalue weighted by molar-refractivity contribution is -0.123. The standard InChI is InChI=1S/C19H26N4O/c1-14(2)18-20-10-13-23(18)15(3)19(24)21-9-12-22-11-8-16-6-4-5-7-17(16)22/h4-7,10,13-15H,8-9,11-12H2,1-3H3,(H,21,24)/t15-/m0/s1. The van der Waals surface area contributed by atoms with Gasteiger partial charge in [0.25, 0.3) is 0 Å². The highest BCUT2D eigenvalue weighted by Crippen LogP contribution is 2.26. The number of rotatable bonds is 6. The van der Waals surface area contributed by atoms with Crippen molar-refractivity contribution in [2.24, 2.45) is 0 Å². The van der Waals surface area contributed by atoms with E-state index in [1.807, 2.05) is 17.7 Å². The molecule has 2 aromatic rings. The quantitative estimate of drug-likeness (QED) is 0.888. The van der Waals surface area contributed by atoms with E-state index in [2.05, 4.69) is 53.3 Å². The van der Waals surface area contributed by atoms with E-state index in [-0.39, 0.29) is 11.9 Å². The number of carbonyl (C=O) groups is 1. The van der Waals surface area contributed by atoms with Crippen molar-refractivity contribution >= 4 is 11.6 Å². The number of imidazole rings is 1. The third-order valence-electron chi connectivity index (χ3n) is 4.68. The fourth-order valence-corrected chi connectivity index (χ4v) is 3.33. The summed E-state index contributed by atoms with van der Waals surface area (Å²) in [6, 6.07) is 8.26. The molecule has 0 radical (unpaired) electrons. The maximum absolute atomic E-state index is 12.5. The first-order chi connectivity index (χ1) is 11.6. The van der Waals surface area contributed by atoms with Crippen LogP contribution in [0.25, 0.3) is 0 Å². The summed E-state index contributed by atoms with van der Waals surface area (Å²) in [7, 11) is 0. The number of carbonyl (C=O) groups excluding carboxylic acids is 1. The number of aromatic nitrogens is 2. The van der Waals surface area contributed by atoms with Gasteiger partial charge in [0.15, 0.2) is 0 Å². The van der Waals surface area contributed by atoms with Gasteiger partial charge >= 0.3 is 0 Å². The Morgan fingerprint density at radius 1 is 1.29 bits per heavy atom. The first kappa shape index (κ1) is 16.6. The maximum Gasteiger partial charge on any atom is 0.242 e. The number of para-hydroxylation sites is 1. The van der Waals surface area contributed by atoms with E-state index in [4.69, 9.17) is 0 Å². The molecule has 1 aromatic heterocycles. The summed E-state index contributed by atoms with van der Waals surface area (Å²) >= 11 is 0. The molecule has 5 nitrogen and oxygen atoms in total. The Bertz CT molecular complexity index is 707. The molecular weight excluding hydrogens is 300 g/mol. The van der Waals surface area contributed by atoms with Crippen molar-refractivity contribution in [3.05, 3.63) is 48.0 Å². The van der Waals surface area contributed by atoms with Crippen molar-refractivity contribution < 1.29 is 4.79 Å². The molecule has 0 fully saturated rings. The van der Waals surface area contributed by atoms with E-state index in [1.165, 1.54) is 11.3 Å². The van der Waals surface area contributed by atoms with Gasteiger partial charge in [-0.1, -0.05) is 32.0 Å². The fraction of sp³-hybridized carbons (Fsp3) is 0.474. The number of anilines is 1. The van der Waals surface area contributed by atoms with Gasteiger partial charge in [-0.05, 0) is 25.0 Å². The average molecular weight is 326 g/mol. The van der Waals surface area contributed by atoms with Crippen LogP contribution in [-0.4, -0.2) is 35.1 Å². The largest absolute Gasteiger partial charge is 0.369 e. The Labute approximate surface area is 143 Å². The SMILES string of the molecule is CC(C)c1nccn1[C@@H](C)C(=O)NCCN1CCc2ccccc21. The van der Waals surface area contributed by atoms with Crippen molar-refractivity contribution in [3.63, 3.8) is 0 Å². The van der Waals surface area contributed by atoms with Crippen LogP contribution in [0.4, 0.5) is 5.69 Å². The molecule has 0 unspecified atom stereocenters. The zero-order valence-corrected chi connectivity index (χ0v) is 14.7.